The van der Waals surface area contributed by atoms with E-state index in [1.54, 1.807) is 0 Å². The first kappa shape index (κ1) is 17.5. The Morgan fingerprint density at radius 1 is 1.17 bits per heavy atom. The van der Waals surface area contributed by atoms with Gasteiger partial charge in [0.05, 0.1) is 0 Å². The van der Waals surface area contributed by atoms with E-state index < -0.39 is 0 Å². The van der Waals surface area contributed by atoms with Crippen LogP contribution in [0, 0.1) is 17.8 Å². The Morgan fingerprint density at radius 2 is 1.88 bits per heavy atom. The predicted molar refractivity (Wildman–Crippen MR) is 96.6 cm³/mol. The Hall–Kier alpha value is -1.35. The monoisotopic (exact) mass is 329 g/mol. The van der Waals surface area contributed by atoms with Crippen molar-refractivity contribution in [1.29, 1.82) is 0 Å². The maximum atomic E-state index is 12.6. The van der Waals surface area contributed by atoms with Crippen molar-refractivity contribution in [3.63, 3.8) is 0 Å². The van der Waals surface area contributed by atoms with E-state index in [1.165, 1.54) is 18.4 Å². The topological polar surface area (TPSA) is 29.3 Å². The molecule has 3 heteroatoms. The van der Waals surface area contributed by atoms with E-state index in [1.807, 2.05) is 6.07 Å². The van der Waals surface area contributed by atoms with Gasteiger partial charge in [-0.25, -0.2) is 0 Å². The number of rotatable bonds is 5. The Kier molecular flexibility index (Phi) is 5.29. The Labute approximate surface area is 146 Å². The maximum absolute atomic E-state index is 12.6. The molecule has 1 aromatic carbocycles. The smallest absolute Gasteiger partial charge is 0.325 e. The van der Waals surface area contributed by atoms with Crippen LogP contribution in [-0.4, -0.2) is 29.6 Å². The lowest BCUT2D eigenvalue weighted by molar-refractivity contribution is -0.156. The van der Waals surface area contributed by atoms with Crippen molar-refractivity contribution in [3.8, 4) is 0 Å². The molecule has 2 aliphatic rings. The van der Waals surface area contributed by atoms with Crippen LogP contribution in [0.15, 0.2) is 30.3 Å². The summed E-state index contributed by atoms with van der Waals surface area (Å²) in [5, 5.41) is 0. The molecule has 0 radical (unpaired) electrons. The molecule has 24 heavy (non-hydrogen) atoms. The second-order valence-corrected chi connectivity index (χ2v) is 8.10. The van der Waals surface area contributed by atoms with Gasteiger partial charge in [0, 0.05) is 12.6 Å². The lowest BCUT2D eigenvalue weighted by Crippen LogP contribution is -2.37. The van der Waals surface area contributed by atoms with Crippen LogP contribution in [0.4, 0.5) is 0 Å². The lowest BCUT2D eigenvalue weighted by Gasteiger charge is -2.36. The molecule has 1 heterocycles. The van der Waals surface area contributed by atoms with E-state index >= 15 is 0 Å². The number of carbonyl (C=O) groups excluding carboxylic acids is 1. The average molecular weight is 329 g/mol. The first-order valence-corrected chi connectivity index (χ1v) is 9.48. The van der Waals surface area contributed by atoms with Crippen molar-refractivity contribution in [3.05, 3.63) is 35.9 Å². The van der Waals surface area contributed by atoms with Gasteiger partial charge in [0.2, 0.25) is 0 Å². The van der Waals surface area contributed by atoms with Gasteiger partial charge in [-0.05, 0) is 43.1 Å². The molecule has 0 amide bonds. The summed E-state index contributed by atoms with van der Waals surface area (Å²) >= 11 is 0. The van der Waals surface area contributed by atoms with Gasteiger partial charge in [-0.3, -0.25) is 9.69 Å². The standard InChI is InChI=1S/C21H31NO2/c1-14(2)18-11-10-15(3)12-20(18)24-21(23)19-13-22(19)16(4)17-8-6-5-7-9-17/h5-9,14-16,18-20H,10-13H2,1-4H3/t15-,16-,18+,19+,20-,22?/m0/s1. The van der Waals surface area contributed by atoms with E-state index in [2.05, 4.69) is 56.9 Å². The Bertz CT molecular complexity index is 556. The van der Waals surface area contributed by atoms with Gasteiger partial charge in [0.1, 0.15) is 12.1 Å². The van der Waals surface area contributed by atoms with Crippen LogP contribution in [0.1, 0.15) is 58.6 Å². The highest BCUT2D eigenvalue weighted by Gasteiger charge is 2.46. The quantitative estimate of drug-likeness (QED) is 0.591. The number of ether oxygens (including phenoxy) is 1. The van der Waals surface area contributed by atoms with E-state index in [0.29, 0.717) is 17.8 Å². The zero-order chi connectivity index (χ0) is 17.3. The summed E-state index contributed by atoms with van der Waals surface area (Å²) in [5.41, 5.74) is 1.26. The fourth-order valence-electron chi connectivity index (χ4n) is 4.19. The molecule has 0 bridgehead atoms. The zero-order valence-corrected chi connectivity index (χ0v) is 15.4. The van der Waals surface area contributed by atoms with Crippen molar-refractivity contribution < 1.29 is 9.53 Å². The van der Waals surface area contributed by atoms with Crippen LogP contribution in [0.5, 0.6) is 0 Å². The summed E-state index contributed by atoms with van der Waals surface area (Å²) in [6.07, 6.45) is 3.58. The number of benzene rings is 1. The molecule has 132 valence electrons. The molecular formula is C21H31NO2. The predicted octanol–water partition coefficient (Wildman–Crippen LogP) is 4.44. The SMILES string of the molecule is CC(C)[C@H]1CC[C@H](C)C[C@@H]1OC(=O)[C@H]1CN1[C@@H](C)c1ccccc1. The highest BCUT2D eigenvalue weighted by atomic mass is 16.5. The van der Waals surface area contributed by atoms with Crippen LogP contribution >= 0.6 is 0 Å². The minimum Gasteiger partial charge on any atom is -0.461 e. The third kappa shape index (κ3) is 3.83. The van der Waals surface area contributed by atoms with Gasteiger partial charge in [-0.1, -0.05) is 57.5 Å². The fourth-order valence-corrected chi connectivity index (χ4v) is 4.19. The summed E-state index contributed by atoms with van der Waals surface area (Å²) in [7, 11) is 0. The van der Waals surface area contributed by atoms with Crippen LogP contribution in [-0.2, 0) is 9.53 Å². The highest BCUT2D eigenvalue weighted by molar-refractivity contribution is 5.79. The van der Waals surface area contributed by atoms with E-state index in [0.717, 1.165) is 13.0 Å². The van der Waals surface area contributed by atoms with Gasteiger partial charge in [0.25, 0.3) is 0 Å². The second-order valence-electron chi connectivity index (χ2n) is 8.10. The molecule has 1 saturated carbocycles. The molecule has 2 fully saturated rings. The number of esters is 1. The Morgan fingerprint density at radius 3 is 2.54 bits per heavy atom. The van der Waals surface area contributed by atoms with Gasteiger partial charge < -0.3 is 4.74 Å². The van der Waals surface area contributed by atoms with Crippen molar-refractivity contribution in [2.24, 2.45) is 17.8 Å². The third-order valence-corrected chi connectivity index (χ3v) is 5.93. The molecule has 1 aromatic rings. The van der Waals surface area contributed by atoms with Crippen LogP contribution < -0.4 is 0 Å². The molecule has 1 aliphatic heterocycles. The molecular weight excluding hydrogens is 298 g/mol. The highest BCUT2D eigenvalue weighted by Crippen LogP contribution is 2.37. The molecule has 0 N–H and O–H groups in total. The number of nitrogens with zero attached hydrogens (tertiary/aromatic N) is 1. The van der Waals surface area contributed by atoms with E-state index in [-0.39, 0.29) is 24.2 Å². The van der Waals surface area contributed by atoms with Crippen molar-refractivity contribution in [1.82, 2.24) is 4.90 Å². The maximum Gasteiger partial charge on any atom is 0.325 e. The number of hydrogen-bond acceptors (Lipinski definition) is 3. The average Bonchev–Trinajstić information content (AvgIpc) is 3.35. The third-order valence-electron chi connectivity index (χ3n) is 5.93. The van der Waals surface area contributed by atoms with Crippen molar-refractivity contribution in [2.75, 3.05) is 6.54 Å². The van der Waals surface area contributed by atoms with Crippen LogP contribution in [0.2, 0.25) is 0 Å². The Balaban J connectivity index is 1.57. The molecule has 0 spiro atoms. The van der Waals surface area contributed by atoms with Gasteiger partial charge in [0.15, 0.2) is 0 Å². The van der Waals surface area contributed by atoms with E-state index in [9.17, 15) is 4.79 Å². The van der Waals surface area contributed by atoms with Gasteiger partial charge >= 0.3 is 5.97 Å². The second kappa shape index (κ2) is 7.26. The largest absolute Gasteiger partial charge is 0.461 e. The minimum absolute atomic E-state index is 0.0115. The van der Waals surface area contributed by atoms with Crippen molar-refractivity contribution >= 4 is 5.97 Å². The summed E-state index contributed by atoms with van der Waals surface area (Å²) in [6, 6.07) is 10.6. The molecule has 1 aliphatic carbocycles. The molecule has 0 aromatic heterocycles. The first-order chi connectivity index (χ1) is 11.5. The summed E-state index contributed by atoms with van der Waals surface area (Å²) in [4.78, 5) is 14.9. The van der Waals surface area contributed by atoms with Crippen molar-refractivity contribution in [2.45, 2.75) is 65.1 Å². The number of hydrogen-bond donors (Lipinski definition) is 0. The molecule has 1 saturated heterocycles. The lowest BCUT2D eigenvalue weighted by atomic mass is 9.75. The van der Waals surface area contributed by atoms with Gasteiger partial charge in [-0.15, -0.1) is 0 Å². The number of carbonyl (C=O) groups is 1. The summed E-state index contributed by atoms with van der Waals surface area (Å²) in [6.45, 7) is 9.77. The summed E-state index contributed by atoms with van der Waals surface area (Å²) < 4.78 is 6.00. The van der Waals surface area contributed by atoms with E-state index in [4.69, 9.17) is 4.74 Å². The summed E-state index contributed by atoms with van der Waals surface area (Å²) in [5.74, 6) is 1.75. The van der Waals surface area contributed by atoms with Crippen LogP contribution in [0.25, 0.3) is 0 Å². The molecule has 3 nitrogen and oxygen atoms in total. The first-order valence-electron chi connectivity index (χ1n) is 9.48. The van der Waals surface area contributed by atoms with Gasteiger partial charge in [-0.2, -0.15) is 0 Å². The fraction of sp³-hybridized carbons (Fsp3) is 0.667. The molecule has 6 atom stereocenters. The molecule has 3 rings (SSSR count). The normalized spacial score (nSPS) is 34.0. The minimum atomic E-state index is -0.0507. The van der Waals surface area contributed by atoms with Crippen LogP contribution in [0.3, 0.4) is 0 Å². The zero-order valence-electron chi connectivity index (χ0n) is 15.4. The molecule has 1 unspecified atom stereocenters.